The van der Waals surface area contributed by atoms with Gasteiger partial charge in [-0.3, -0.25) is 4.79 Å². The average molecular weight is 283 g/mol. The third kappa shape index (κ3) is 3.33. The molecule has 0 heterocycles. The minimum atomic E-state index is -0.148. The van der Waals surface area contributed by atoms with E-state index in [0.29, 0.717) is 5.56 Å². The normalized spacial score (nSPS) is 22.0. The van der Waals surface area contributed by atoms with Crippen LogP contribution in [-0.2, 0) is 16.1 Å². The van der Waals surface area contributed by atoms with Crippen LogP contribution in [0.1, 0.15) is 38.8 Å². The first kappa shape index (κ1) is 15.3. The highest BCUT2D eigenvalue weighted by Gasteiger charge is 2.61. The lowest BCUT2D eigenvalue weighted by atomic mass is 10.1. The number of carbonyl (C=O) groups excluding carboxylic acids is 1. The zero-order valence-electron chi connectivity index (χ0n) is 13.0. The standard InChI is InChI=1S/C18H21NO2/c1-12(2)8-15-16(18(15,3)4)17(20)21-11-14-7-5-6-13(9-14)10-19/h5-9,15-16H,11H2,1-4H3/t15-,16+/m1/s1. The number of hydrogen-bond donors (Lipinski definition) is 0. The van der Waals surface area contributed by atoms with Gasteiger partial charge in [0.05, 0.1) is 17.6 Å². The highest BCUT2D eigenvalue weighted by Crippen LogP contribution is 2.59. The van der Waals surface area contributed by atoms with E-state index in [1.165, 1.54) is 5.57 Å². The van der Waals surface area contributed by atoms with Gasteiger partial charge >= 0.3 is 5.97 Å². The second-order valence-corrected chi connectivity index (χ2v) is 6.49. The van der Waals surface area contributed by atoms with Gasteiger partial charge in [0.25, 0.3) is 0 Å². The van der Waals surface area contributed by atoms with Crippen LogP contribution in [0.5, 0.6) is 0 Å². The molecule has 2 atom stereocenters. The van der Waals surface area contributed by atoms with Gasteiger partial charge in [0.2, 0.25) is 0 Å². The maximum atomic E-state index is 12.2. The summed E-state index contributed by atoms with van der Waals surface area (Å²) in [6.45, 7) is 8.51. The minimum Gasteiger partial charge on any atom is -0.461 e. The molecule has 1 aliphatic rings. The van der Waals surface area contributed by atoms with E-state index >= 15 is 0 Å². The maximum absolute atomic E-state index is 12.2. The highest BCUT2D eigenvalue weighted by molar-refractivity contribution is 5.78. The summed E-state index contributed by atoms with van der Waals surface area (Å²) in [5, 5.41) is 8.86. The second kappa shape index (κ2) is 5.73. The topological polar surface area (TPSA) is 50.1 Å². The van der Waals surface area contributed by atoms with Crippen molar-refractivity contribution < 1.29 is 9.53 Å². The van der Waals surface area contributed by atoms with Crippen molar-refractivity contribution in [3.8, 4) is 6.07 Å². The average Bonchev–Trinajstić information content (AvgIpc) is 2.96. The number of nitriles is 1. The molecule has 0 radical (unpaired) electrons. The van der Waals surface area contributed by atoms with Crippen molar-refractivity contribution in [2.24, 2.45) is 17.3 Å². The Balaban J connectivity index is 1.97. The van der Waals surface area contributed by atoms with Crippen LogP contribution in [0.15, 0.2) is 35.9 Å². The number of carbonyl (C=O) groups is 1. The fourth-order valence-corrected chi connectivity index (χ4v) is 2.77. The van der Waals surface area contributed by atoms with Crippen molar-refractivity contribution in [1.29, 1.82) is 5.26 Å². The Bertz CT molecular complexity index is 618. The molecule has 1 fully saturated rings. The maximum Gasteiger partial charge on any atom is 0.310 e. The van der Waals surface area contributed by atoms with Crippen LogP contribution < -0.4 is 0 Å². The van der Waals surface area contributed by atoms with E-state index in [-0.39, 0.29) is 29.8 Å². The molecule has 2 rings (SSSR count). The largest absolute Gasteiger partial charge is 0.461 e. The van der Waals surface area contributed by atoms with Crippen molar-refractivity contribution in [2.45, 2.75) is 34.3 Å². The molecule has 0 N–H and O–H groups in total. The van der Waals surface area contributed by atoms with Crippen molar-refractivity contribution in [2.75, 3.05) is 0 Å². The van der Waals surface area contributed by atoms with Crippen LogP contribution in [-0.4, -0.2) is 5.97 Å². The quantitative estimate of drug-likeness (QED) is 0.623. The molecule has 21 heavy (non-hydrogen) atoms. The molecule has 0 unspecified atom stereocenters. The van der Waals surface area contributed by atoms with Gasteiger partial charge < -0.3 is 4.74 Å². The summed E-state index contributed by atoms with van der Waals surface area (Å²) in [4.78, 5) is 12.2. The molecule has 0 saturated heterocycles. The van der Waals surface area contributed by atoms with E-state index in [0.717, 1.165) is 5.56 Å². The zero-order valence-corrected chi connectivity index (χ0v) is 13.0. The molecular weight excluding hydrogens is 262 g/mol. The third-order valence-electron chi connectivity index (χ3n) is 4.11. The van der Waals surface area contributed by atoms with Gasteiger partial charge in [0.15, 0.2) is 0 Å². The lowest BCUT2D eigenvalue weighted by Crippen LogP contribution is -2.10. The zero-order chi connectivity index (χ0) is 15.6. The van der Waals surface area contributed by atoms with Gasteiger partial charge in [-0.2, -0.15) is 5.26 Å². The first-order valence-electron chi connectivity index (χ1n) is 7.17. The molecule has 110 valence electrons. The third-order valence-corrected chi connectivity index (χ3v) is 4.11. The molecule has 1 saturated carbocycles. The molecule has 0 amide bonds. The number of ether oxygens (including phenoxy) is 1. The van der Waals surface area contributed by atoms with E-state index < -0.39 is 0 Å². The van der Waals surface area contributed by atoms with E-state index in [2.05, 4.69) is 26.0 Å². The molecule has 1 aliphatic carbocycles. The summed E-state index contributed by atoms with van der Waals surface area (Å²) in [5.74, 6) is 0.0526. The second-order valence-electron chi connectivity index (χ2n) is 6.49. The van der Waals surface area contributed by atoms with Gasteiger partial charge in [0.1, 0.15) is 6.61 Å². The van der Waals surface area contributed by atoms with Crippen molar-refractivity contribution in [3.63, 3.8) is 0 Å². The summed E-state index contributed by atoms with van der Waals surface area (Å²) >= 11 is 0. The van der Waals surface area contributed by atoms with Crippen LogP contribution in [0.25, 0.3) is 0 Å². The number of rotatable bonds is 4. The molecule has 0 spiro atoms. The number of allylic oxidation sites excluding steroid dienone is 2. The van der Waals surface area contributed by atoms with Crippen molar-refractivity contribution in [1.82, 2.24) is 0 Å². The van der Waals surface area contributed by atoms with Crippen LogP contribution in [0.2, 0.25) is 0 Å². The SMILES string of the molecule is CC(C)=C[C@@H]1[C@@H](C(=O)OCc2cccc(C#N)c2)C1(C)C. The van der Waals surface area contributed by atoms with E-state index in [9.17, 15) is 4.79 Å². The van der Waals surface area contributed by atoms with E-state index in [4.69, 9.17) is 10.00 Å². The Hall–Kier alpha value is -2.08. The van der Waals surface area contributed by atoms with Gasteiger partial charge in [-0.05, 0) is 42.9 Å². The van der Waals surface area contributed by atoms with E-state index in [1.54, 1.807) is 18.2 Å². The van der Waals surface area contributed by atoms with Gasteiger partial charge in [-0.1, -0.05) is 37.6 Å². The van der Waals surface area contributed by atoms with Crippen LogP contribution in [0.3, 0.4) is 0 Å². The Morgan fingerprint density at radius 2 is 2.14 bits per heavy atom. The Morgan fingerprint density at radius 3 is 2.76 bits per heavy atom. The number of benzene rings is 1. The van der Waals surface area contributed by atoms with Crippen LogP contribution in [0.4, 0.5) is 0 Å². The Kier molecular flexibility index (Phi) is 4.18. The number of hydrogen-bond acceptors (Lipinski definition) is 3. The van der Waals surface area contributed by atoms with Crippen molar-refractivity contribution >= 4 is 5.97 Å². The molecule has 0 aliphatic heterocycles. The molecule has 3 heteroatoms. The fourth-order valence-electron chi connectivity index (χ4n) is 2.77. The summed E-state index contributed by atoms with van der Waals surface area (Å²) in [7, 11) is 0. The first-order valence-corrected chi connectivity index (χ1v) is 7.17. The number of esters is 1. The van der Waals surface area contributed by atoms with Crippen molar-refractivity contribution in [3.05, 3.63) is 47.0 Å². The smallest absolute Gasteiger partial charge is 0.310 e. The predicted molar refractivity (Wildman–Crippen MR) is 81.1 cm³/mol. The molecule has 0 aromatic heterocycles. The molecule has 1 aromatic carbocycles. The Morgan fingerprint density at radius 1 is 1.43 bits per heavy atom. The summed E-state index contributed by atoms with van der Waals surface area (Å²) in [6, 6.07) is 9.23. The number of nitrogens with zero attached hydrogens (tertiary/aromatic N) is 1. The summed E-state index contributed by atoms with van der Waals surface area (Å²) in [5.41, 5.74) is 2.63. The Labute approximate surface area is 126 Å². The van der Waals surface area contributed by atoms with Crippen LogP contribution in [0, 0.1) is 28.6 Å². The lowest BCUT2D eigenvalue weighted by molar-refractivity contribution is -0.147. The van der Waals surface area contributed by atoms with E-state index in [1.807, 2.05) is 19.9 Å². The summed E-state index contributed by atoms with van der Waals surface area (Å²) < 4.78 is 5.42. The van der Waals surface area contributed by atoms with Gasteiger partial charge in [0, 0.05) is 0 Å². The monoisotopic (exact) mass is 283 g/mol. The van der Waals surface area contributed by atoms with Gasteiger partial charge in [-0.25, -0.2) is 0 Å². The lowest BCUT2D eigenvalue weighted by Gasteiger charge is -2.06. The van der Waals surface area contributed by atoms with Gasteiger partial charge in [-0.15, -0.1) is 0 Å². The molecule has 1 aromatic rings. The minimum absolute atomic E-state index is 0.0249. The molecule has 3 nitrogen and oxygen atoms in total. The summed E-state index contributed by atoms with van der Waals surface area (Å²) in [6.07, 6.45) is 2.15. The predicted octanol–water partition coefficient (Wildman–Crippen LogP) is 3.84. The highest BCUT2D eigenvalue weighted by atomic mass is 16.5. The fraction of sp³-hybridized carbons (Fsp3) is 0.444. The molecular formula is C18H21NO2. The van der Waals surface area contributed by atoms with Crippen LogP contribution >= 0.6 is 0 Å². The first-order chi connectivity index (χ1) is 9.86. The molecule has 0 bridgehead atoms.